The zero-order valence-corrected chi connectivity index (χ0v) is 13.5. The molecule has 0 aliphatic carbocycles. The lowest BCUT2D eigenvalue weighted by Crippen LogP contribution is -2.44. The van der Waals surface area contributed by atoms with Gasteiger partial charge < -0.3 is 15.2 Å². The summed E-state index contributed by atoms with van der Waals surface area (Å²) in [6.07, 6.45) is -0.601. The molecule has 118 valence electrons. The third-order valence-electron chi connectivity index (χ3n) is 3.54. The smallest absolute Gasteiger partial charge is 0.241 e. The molecule has 2 atom stereocenters. The number of hydrogen-bond acceptors (Lipinski definition) is 4. The van der Waals surface area contributed by atoms with E-state index in [0.717, 1.165) is 11.3 Å². The van der Waals surface area contributed by atoms with Gasteiger partial charge in [-0.25, -0.2) is 0 Å². The third kappa shape index (κ3) is 5.46. The fourth-order valence-electron chi connectivity index (χ4n) is 2.13. The van der Waals surface area contributed by atoms with Crippen LogP contribution >= 0.6 is 0 Å². The number of amides is 1. The van der Waals surface area contributed by atoms with Crippen molar-refractivity contribution in [2.75, 3.05) is 32.6 Å². The fourth-order valence-corrected chi connectivity index (χ4v) is 2.13. The van der Waals surface area contributed by atoms with Crippen molar-refractivity contribution in [2.24, 2.45) is 0 Å². The predicted molar refractivity (Wildman–Crippen MR) is 84.5 cm³/mol. The van der Waals surface area contributed by atoms with Crippen molar-refractivity contribution in [1.82, 2.24) is 4.90 Å². The molecule has 0 bridgehead atoms. The first-order chi connectivity index (χ1) is 9.85. The van der Waals surface area contributed by atoms with E-state index < -0.39 is 6.10 Å². The summed E-state index contributed by atoms with van der Waals surface area (Å²) in [5.74, 6) is -0.0888. The van der Waals surface area contributed by atoms with E-state index >= 15 is 0 Å². The molecule has 0 fully saturated rings. The van der Waals surface area contributed by atoms with E-state index in [0.29, 0.717) is 6.54 Å². The molecule has 2 N–H and O–H groups in total. The Balaban J connectivity index is 2.61. The third-order valence-corrected chi connectivity index (χ3v) is 3.54. The largest absolute Gasteiger partial charge is 0.389 e. The Morgan fingerprint density at radius 3 is 2.67 bits per heavy atom. The summed E-state index contributed by atoms with van der Waals surface area (Å²) in [6, 6.07) is 5.58. The van der Waals surface area contributed by atoms with Gasteiger partial charge >= 0.3 is 0 Å². The number of likely N-dealkylation sites (N-methyl/N-ethyl adjacent to an activating group) is 1. The van der Waals surface area contributed by atoms with Crippen LogP contribution in [0.25, 0.3) is 0 Å². The molecule has 0 saturated carbocycles. The number of benzene rings is 1. The van der Waals surface area contributed by atoms with Gasteiger partial charge in [0, 0.05) is 19.3 Å². The van der Waals surface area contributed by atoms with Crippen LogP contribution in [0, 0.1) is 13.8 Å². The van der Waals surface area contributed by atoms with Crippen molar-refractivity contribution in [1.29, 1.82) is 0 Å². The molecule has 2 unspecified atom stereocenters. The van der Waals surface area contributed by atoms with Crippen molar-refractivity contribution in [2.45, 2.75) is 32.9 Å². The zero-order valence-electron chi connectivity index (χ0n) is 13.5. The molecule has 0 radical (unpaired) electrons. The first kappa shape index (κ1) is 17.6. The van der Waals surface area contributed by atoms with Crippen molar-refractivity contribution in [3.8, 4) is 0 Å². The summed E-state index contributed by atoms with van der Waals surface area (Å²) >= 11 is 0. The Labute approximate surface area is 126 Å². The van der Waals surface area contributed by atoms with E-state index in [2.05, 4.69) is 5.32 Å². The van der Waals surface area contributed by atoms with Gasteiger partial charge in [0.1, 0.15) is 0 Å². The number of carbonyl (C=O) groups excluding carboxylic acids is 1. The van der Waals surface area contributed by atoms with Crippen LogP contribution in [0.5, 0.6) is 0 Å². The molecule has 1 aromatic rings. The molecule has 0 aromatic heterocycles. The number of anilines is 1. The maximum Gasteiger partial charge on any atom is 0.241 e. The Morgan fingerprint density at radius 1 is 1.43 bits per heavy atom. The van der Waals surface area contributed by atoms with E-state index in [4.69, 9.17) is 4.74 Å². The number of aliphatic hydroxyl groups excluding tert-OH is 1. The van der Waals surface area contributed by atoms with Gasteiger partial charge in [-0.05, 0) is 39.4 Å². The first-order valence-electron chi connectivity index (χ1n) is 7.10. The van der Waals surface area contributed by atoms with E-state index in [9.17, 15) is 9.90 Å². The molecule has 0 saturated heterocycles. The van der Waals surface area contributed by atoms with Crippen LogP contribution in [0.3, 0.4) is 0 Å². The van der Waals surface area contributed by atoms with Gasteiger partial charge in [0.15, 0.2) is 0 Å². The maximum absolute atomic E-state index is 12.3. The lowest BCUT2D eigenvalue weighted by molar-refractivity contribution is -0.120. The second kappa shape index (κ2) is 8.12. The van der Waals surface area contributed by atoms with Crippen molar-refractivity contribution in [3.05, 3.63) is 29.3 Å². The highest BCUT2D eigenvalue weighted by Gasteiger charge is 2.20. The van der Waals surface area contributed by atoms with Crippen LogP contribution in [0.4, 0.5) is 5.69 Å². The molecular weight excluding hydrogens is 268 g/mol. The molecule has 0 heterocycles. The van der Waals surface area contributed by atoms with Crippen LogP contribution in [0.1, 0.15) is 18.1 Å². The number of nitrogens with zero attached hydrogens (tertiary/aromatic N) is 1. The number of nitrogens with one attached hydrogen (secondary N) is 1. The van der Waals surface area contributed by atoms with Crippen molar-refractivity contribution < 1.29 is 14.6 Å². The second-order valence-electron chi connectivity index (χ2n) is 5.53. The predicted octanol–water partition coefficient (Wildman–Crippen LogP) is 1.57. The zero-order chi connectivity index (χ0) is 16.0. The molecule has 5 heteroatoms. The molecule has 1 aromatic carbocycles. The van der Waals surface area contributed by atoms with Crippen LogP contribution in [0.2, 0.25) is 0 Å². The van der Waals surface area contributed by atoms with Crippen molar-refractivity contribution >= 4 is 11.6 Å². The summed E-state index contributed by atoms with van der Waals surface area (Å²) in [7, 11) is 3.35. The number of carbonyl (C=O) groups is 1. The highest BCUT2D eigenvalue weighted by molar-refractivity contribution is 5.95. The minimum Gasteiger partial charge on any atom is -0.389 e. The molecule has 1 amide bonds. The molecule has 0 aliphatic heterocycles. The normalized spacial score (nSPS) is 14.0. The quantitative estimate of drug-likeness (QED) is 0.801. The van der Waals surface area contributed by atoms with Gasteiger partial charge in [0.05, 0.1) is 18.8 Å². The molecular formula is C16H26N2O3. The van der Waals surface area contributed by atoms with Gasteiger partial charge in [0.2, 0.25) is 5.91 Å². The van der Waals surface area contributed by atoms with Crippen LogP contribution in [-0.4, -0.2) is 55.4 Å². The van der Waals surface area contributed by atoms with E-state index in [1.165, 1.54) is 5.56 Å². The second-order valence-corrected chi connectivity index (χ2v) is 5.53. The van der Waals surface area contributed by atoms with Gasteiger partial charge in [0.25, 0.3) is 0 Å². The Bertz CT molecular complexity index is 477. The molecule has 1 rings (SSSR count). The monoisotopic (exact) mass is 294 g/mol. The number of aryl methyl sites for hydroxylation is 2. The number of rotatable bonds is 7. The number of hydrogen-bond donors (Lipinski definition) is 2. The molecule has 0 spiro atoms. The summed E-state index contributed by atoms with van der Waals surface area (Å²) in [5, 5.41) is 12.6. The van der Waals surface area contributed by atoms with Gasteiger partial charge in [-0.2, -0.15) is 0 Å². The van der Waals surface area contributed by atoms with Crippen LogP contribution in [-0.2, 0) is 9.53 Å². The van der Waals surface area contributed by atoms with Crippen molar-refractivity contribution in [3.63, 3.8) is 0 Å². The van der Waals surface area contributed by atoms with Crippen LogP contribution in [0.15, 0.2) is 18.2 Å². The summed E-state index contributed by atoms with van der Waals surface area (Å²) in [5.41, 5.74) is 3.03. The van der Waals surface area contributed by atoms with Gasteiger partial charge in [-0.3, -0.25) is 9.69 Å². The maximum atomic E-state index is 12.3. The topological polar surface area (TPSA) is 61.8 Å². The van der Waals surface area contributed by atoms with Gasteiger partial charge in [-0.15, -0.1) is 0 Å². The highest BCUT2D eigenvalue weighted by Crippen LogP contribution is 2.16. The van der Waals surface area contributed by atoms with Gasteiger partial charge in [-0.1, -0.05) is 17.7 Å². The fraction of sp³-hybridized carbons (Fsp3) is 0.562. The average Bonchev–Trinajstić information content (AvgIpc) is 2.41. The lowest BCUT2D eigenvalue weighted by Gasteiger charge is -2.26. The number of methoxy groups -OCH3 is 1. The Hall–Kier alpha value is -1.43. The average molecular weight is 294 g/mol. The molecule has 5 nitrogen and oxygen atoms in total. The van der Waals surface area contributed by atoms with E-state index in [1.54, 1.807) is 7.11 Å². The SMILES string of the molecule is COCC(O)CN(C)C(C)C(=O)Nc1ccc(C)cc1C. The summed E-state index contributed by atoms with van der Waals surface area (Å²) in [6.45, 7) is 6.45. The lowest BCUT2D eigenvalue weighted by atomic mass is 10.1. The highest BCUT2D eigenvalue weighted by atomic mass is 16.5. The Morgan fingerprint density at radius 2 is 2.10 bits per heavy atom. The number of ether oxygens (including phenoxy) is 1. The minimum atomic E-state index is -0.601. The summed E-state index contributed by atoms with van der Waals surface area (Å²) < 4.78 is 4.89. The molecule has 21 heavy (non-hydrogen) atoms. The Kier molecular flexibility index (Phi) is 6.81. The van der Waals surface area contributed by atoms with E-state index in [1.807, 2.05) is 50.9 Å². The van der Waals surface area contributed by atoms with Crippen LogP contribution < -0.4 is 5.32 Å². The minimum absolute atomic E-state index is 0.0888. The van der Waals surface area contributed by atoms with E-state index in [-0.39, 0.29) is 18.6 Å². The standard InChI is InChI=1S/C16H26N2O3/c1-11-6-7-15(12(2)8-11)17-16(20)13(3)18(4)9-14(19)10-21-5/h6-8,13-14,19H,9-10H2,1-5H3,(H,17,20). The summed E-state index contributed by atoms with van der Waals surface area (Å²) in [4.78, 5) is 14.1. The first-order valence-corrected chi connectivity index (χ1v) is 7.10. The molecule has 0 aliphatic rings. The number of aliphatic hydroxyl groups is 1.